The van der Waals surface area contributed by atoms with Crippen molar-refractivity contribution in [1.29, 1.82) is 0 Å². The molecule has 0 atom stereocenters. The Morgan fingerprint density at radius 3 is 3.00 bits per heavy atom. The summed E-state index contributed by atoms with van der Waals surface area (Å²) in [7, 11) is 0. The highest BCUT2D eigenvalue weighted by Gasteiger charge is 1.99. The van der Waals surface area contributed by atoms with Gasteiger partial charge in [0.05, 0.1) is 13.1 Å². The maximum Gasteiger partial charge on any atom is 0.193 e. The molecule has 0 spiro atoms. The molecular formula is C9H10ClN3O. The van der Waals surface area contributed by atoms with Crippen molar-refractivity contribution >= 4 is 11.6 Å². The molecule has 0 radical (unpaired) electrons. The largest absolute Gasteiger partial charge is 0.448 e. The monoisotopic (exact) mass is 211 g/mol. The number of nitrogens with zero attached hydrogens (tertiary/aromatic N) is 1. The van der Waals surface area contributed by atoms with Crippen molar-refractivity contribution in [2.75, 3.05) is 0 Å². The molecule has 2 aromatic rings. The minimum Gasteiger partial charge on any atom is -0.448 e. The molecule has 0 fully saturated rings. The second-order valence-electron chi connectivity index (χ2n) is 2.85. The normalized spacial score (nSPS) is 10.6. The lowest BCUT2D eigenvalue weighted by Crippen LogP contribution is -2.13. The van der Waals surface area contributed by atoms with E-state index in [9.17, 15) is 0 Å². The Bertz CT molecular complexity index is 382. The zero-order valence-corrected chi connectivity index (χ0v) is 8.21. The first-order valence-corrected chi connectivity index (χ1v) is 4.65. The number of aromatic amines is 1. The average molecular weight is 212 g/mol. The van der Waals surface area contributed by atoms with E-state index in [4.69, 9.17) is 16.0 Å². The molecule has 0 bridgehead atoms. The molecule has 5 heteroatoms. The van der Waals surface area contributed by atoms with Crippen molar-refractivity contribution in [1.82, 2.24) is 15.3 Å². The predicted octanol–water partition coefficient (Wildman–Crippen LogP) is 1.95. The summed E-state index contributed by atoms with van der Waals surface area (Å²) >= 11 is 5.63. The molecule has 0 saturated carbocycles. The van der Waals surface area contributed by atoms with E-state index in [2.05, 4.69) is 15.3 Å². The first-order chi connectivity index (χ1) is 6.84. The highest BCUT2D eigenvalue weighted by Crippen LogP contribution is 2.12. The molecule has 0 aliphatic carbocycles. The predicted molar refractivity (Wildman–Crippen MR) is 52.8 cm³/mol. The van der Waals surface area contributed by atoms with Gasteiger partial charge in [-0.3, -0.25) is 0 Å². The fourth-order valence-electron chi connectivity index (χ4n) is 1.15. The lowest BCUT2D eigenvalue weighted by Gasteiger charge is -1.98. The number of hydrogen-bond donors (Lipinski definition) is 2. The number of halogens is 1. The van der Waals surface area contributed by atoms with E-state index in [-0.39, 0.29) is 0 Å². The summed E-state index contributed by atoms with van der Waals surface area (Å²) < 4.78 is 5.18. The Balaban J connectivity index is 1.78. The third-order valence-electron chi connectivity index (χ3n) is 1.78. The minimum absolute atomic E-state index is 0.416. The van der Waals surface area contributed by atoms with Gasteiger partial charge in [-0.15, -0.1) is 0 Å². The lowest BCUT2D eigenvalue weighted by atomic mass is 10.4. The van der Waals surface area contributed by atoms with Gasteiger partial charge < -0.3 is 14.7 Å². The van der Waals surface area contributed by atoms with Crippen LogP contribution in [0.25, 0.3) is 0 Å². The van der Waals surface area contributed by atoms with Gasteiger partial charge in [0.1, 0.15) is 11.6 Å². The van der Waals surface area contributed by atoms with Crippen LogP contribution in [0.1, 0.15) is 11.6 Å². The van der Waals surface area contributed by atoms with Crippen LogP contribution in [0.2, 0.25) is 5.22 Å². The number of aromatic nitrogens is 2. The Hall–Kier alpha value is -1.26. The molecule has 0 aliphatic rings. The first-order valence-electron chi connectivity index (χ1n) is 4.28. The maximum atomic E-state index is 5.63. The molecule has 0 aromatic carbocycles. The standard InChI is InChI=1S/C9H10ClN3O/c10-8-2-1-7(14-8)5-11-6-9-12-3-4-13-9/h1-4,11H,5-6H2,(H,12,13). The molecule has 14 heavy (non-hydrogen) atoms. The quantitative estimate of drug-likeness (QED) is 0.813. The van der Waals surface area contributed by atoms with Crippen LogP contribution in [0, 0.1) is 0 Å². The highest BCUT2D eigenvalue weighted by molar-refractivity contribution is 6.28. The van der Waals surface area contributed by atoms with Crippen LogP contribution < -0.4 is 5.32 Å². The fourth-order valence-corrected chi connectivity index (χ4v) is 1.31. The minimum atomic E-state index is 0.416. The number of rotatable bonds is 4. The smallest absolute Gasteiger partial charge is 0.193 e. The van der Waals surface area contributed by atoms with Crippen LogP contribution in [0.4, 0.5) is 0 Å². The van der Waals surface area contributed by atoms with Gasteiger partial charge in [-0.05, 0) is 23.7 Å². The van der Waals surface area contributed by atoms with Crippen molar-refractivity contribution in [3.8, 4) is 0 Å². The van der Waals surface area contributed by atoms with Crippen molar-refractivity contribution in [2.24, 2.45) is 0 Å². The molecule has 74 valence electrons. The van der Waals surface area contributed by atoms with E-state index in [1.807, 2.05) is 6.07 Å². The van der Waals surface area contributed by atoms with E-state index < -0.39 is 0 Å². The molecule has 0 aliphatic heterocycles. The molecule has 0 saturated heterocycles. The highest BCUT2D eigenvalue weighted by atomic mass is 35.5. The van der Waals surface area contributed by atoms with Gasteiger partial charge in [0.2, 0.25) is 0 Å². The average Bonchev–Trinajstić information content (AvgIpc) is 2.77. The number of furan rings is 1. The topological polar surface area (TPSA) is 53.9 Å². The van der Waals surface area contributed by atoms with Crippen molar-refractivity contribution < 1.29 is 4.42 Å². The molecule has 2 rings (SSSR count). The molecule has 4 nitrogen and oxygen atoms in total. The Morgan fingerprint density at radius 2 is 2.36 bits per heavy atom. The fraction of sp³-hybridized carbons (Fsp3) is 0.222. The second kappa shape index (κ2) is 4.30. The summed E-state index contributed by atoms with van der Waals surface area (Å²) in [5.74, 6) is 1.73. The molecule has 2 heterocycles. The summed E-state index contributed by atoms with van der Waals surface area (Å²) in [6, 6.07) is 3.57. The maximum absolute atomic E-state index is 5.63. The van der Waals surface area contributed by atoms with Crippen LogP contribution in [-0.2, 0) is 13.1 Å². The summed E-state index contributed by atoms with van der Waals surface area (Å²) in [5, 5.41) is 3.59. The molecule has 0 amide bonds. The van der Waals surface area contributed by atoms with Crippen molar-refractivity contribution in [2.45, 2.75) is 13.1 Å². The number of nitrogens with one attached hydrogen (secondary N) is 2. The van der Waals surface area contributed by atoms with Gasteiger partial charge in [0.25, 0.3) is 0 Å². The van der Waals surface area contributed by atoms with Crippen molar-refractivity contribution in [3.63, 3.8) is 0 Å². The Morgan fingerprint density at radius 1 is 1.43 bits per heavy atom. The van der Waals surface area contributed by atoms with E-state index >= 15 is 0 Å². The summed E-state index contributed by atoms with van der Waals surface area (Å²) in [5.41, 5.74) is 0. The third kappa shape index (κ3) is 2.37. The van der Waals surface area contributed by atoms with Crippen LogP contribution in [-0.4, -0.2) is 9.97 Å². The number of H-pyrrole nitrogens is 1. The first kappa shape index (κ1) is 9.30. The van der Waals surface area contributed by atoms with Gasteiger partial charge in [0.15, 0.2) is 5.22 Å². The summed E-state index contributed by atoms with van der Waals surface area (Å²) in [6.45, 7) is 1.33. The summed E-state index contributed by atoms with van der Waals surface area (Å²) in [4.78, 5) is 7.08. The van der Waals surface area contributed by atoms with Gasteiger partial charge >= 0.3 is 0 Å². The lowest BCUT2D eigenvalue weighted by molar-refractivity contribution is 0.482. The van der Waals surface area contributed by atoms with Gasteiger partial charge in [-0.2, -0.15) is 0 Å². The van der Waals surface area contributed by atoms with Gasteiger partial charge in [0, 0.05) is 12.4 Å². The molecule has 2 N–H and O–H groups in total. The third-order valence-corrected chi connectivity index (χ3v) is 1.98. The van der Waals surface area contributed by atoms with E-state index in [1.165, 1.54) is 0 Å². The van der Waals surface area contributed by atoms with E-state index in [0.29, 0.717) is 18.3 Å². The van der Waals surface area contributed by atoms with E-state index in [1.54, 1.807) is 18.5 Å². The SMILES string of the molecule is Clc1ccc(CNCc2ncc[nH]2)o1. The van der Waals surface area contributed by atoms with Crippen molar-refractivity contribution in [3.05, 3.63) is 41.3 Å². The Labute approximate surface area is 86.3 Å². The van der Waals surface area contributed by atoms with Gasteiger partial charge in [-0.25, -0.2) is 4.98 Å². The van der Waals surface area contributed by atoms with Crippen LogP contribution >= 0.6 is 11.6 Å². The molecular weight excluding hydrogens is 202 g/mol. The van der Waals surface area contributed by atoms with Gasteiger partial charge in [-0.1, -0.05) is 0 Å². The van der Waals surface area contributed by atoms with Crippen LogP contribution in [0.15, 0.2) is 28.9 Å². The number of hydrogen-bond acceptors (Lipinski definition) is 3. The zero-order valence-electron chi connectivity index (χ0n) is 7.46. The Kier molecular flexibility index (Phi) is 2.86. The summed E-state index contributed by atoms with van der Waals surface area (Å²) in [6.07, 6.45) is 3.52. The zero-order chi connectivity index (χ0) is 9.80. The second-order valence-corrected chi connectivity index (χ2v) is 3.22. The molecule has 2 aromatic heterocycles. The van der Waals surface area contributed by atoms with E-state index in [0.717, 1.165) is 11.6 Å². The van der Waals surface area contributed by atoms with Crippen LogP contribution in [0.5, 0.6) is 0 Å². The number of imidazole rings is 1. The van der Waals surface area contributed by atoms with Crippen LogP contribution in [0.3, 0.4) is 0 Å². The molecule has 0 unspecified atom stereocenters.